The third-order valence-electron chi connectivity index (χ3n) is 2.50. The number of methoxy groups -OCH3 is 1. The van der Waals surface area contributed by atoms with Gasteiger partial charge in [-0.3, -0.25) is 9.48 Å². The number of nitrogens with one attached hydrogen (secondary N) is 1. The molecule has 100 valence electrons. The van der Waals surface area contributed by atoms with E-state index in [2.05, 4.69) is 15.6 Å². The number of aromatic nitrogens is 3. The van der Waals surface area contributed by atoms with Gasteiger partial charge in [0.25, 0.3) is 5.91 Å². The largest absolute Gasteiger partial charge is 0.496 e. The van der Waals surface area contributed by atoms with E-state index in [4.69, 9.17) is 4.74 Å². The molecular weight excluding hydrogens is 251 g/mol. The van der Waals surface area contributed by atoms with Crippen LogP contribution in [0.15, 0.2) is 30.6 Å². The van der Waals surface area contributed by atoms with Gasteiger partial charge >= 0.3 is 0 Å². The zero-order valence-electron chi connectivity index (χ0n) is 10.3. The normalized spacial score (nSPS) is 10.2. The van der Waals surface area contributed by atoms with E-state index in [1.54, 1.807) is 17.1 Å². The molecule has 1 N–H and O–H groups in total. The summed E-state index contributed by atoms with van der Waals surface area (Å²) in [6.45, 7) is 0.852. The van der Waals surface area contributed by atoms with Crippen LogP contribution in [0.5, 0.6) is 5.75 Å². The van der Waals surface area contributed by atoms with Gasteiger partial charge < -0.3 is 10.1 Å². The molecular formula is C12H13FN4O2. The molecule has 0 spiro atoms. The molecule has 0 atom stereocenters. The molecule has 1 aromatic heterocycles. The maximum Gasteiger partial charge on any atom is 0.255 e. The fourth-order valence-electron chi connectivity index (χ4n) is 1.59. The maximum atomic E-state index is 13.1. The summed E-state index contributed by atoms with van der Waals surface area (Å²) < 4.78 is 19.7. The second kappa shape index (κ2) is 5.94. The highest BCUT2D eigenvalue weighted by Gasteiger charge is 2.12. The van der Waals surface area contributed by atoms with Crippen LogP contribution in [0.2, 0.25) is 0 Å². The van der Waals surface area contributed by atoms with E-state index >= 15 is 0 Å². The van der Waals surface area contributed by atoms with Gasteiger partial charge in [0.05, 0.1) is 25.4 Å². The predicted molar refractivity (Wildman–Crippen MR) is 65.3 cm³/mol. The summed E-state index contributed by atoms with van der Waals surface area (Å²) in [6, 6.07) is 3.80. The number of halogens is 1. The molecule has 0 aliphatic heterocycles. The standard InChI is InChI=1S/C12H13FN4O2/c1-19-11-3-2-9(13)8-10(11)12(18)14-4-6-17-7-5-15-16-17/h2-3,5,7-8H,4,6H2,1H3,(H,14,18). The Labute approximate surface area is 109 Å². The Morgan fingerprint density at radius 1 is 1.53 bits per heavy atom. The van der Waals surface area contributed by atoms with Crippen molar-refractivity contribution in [2.75, 3.05) is 13.7 Å². The highest BCUT2D eigenvalue weighted by atomic mass is 19.1. The molecule has 2 aromatic rings. The fraction of sp³-hybridized carbons (Fsp3) is 0.250. The third kappa shape index (κ3) is 3.27. The number of hydrogen-bond acceptors (Lipinski definition) is 4. The zero-order chi connectivity index (χ0) is 13.7. The van der Waals surface area contributed by atoms with Crippen LogP contribution >= 0.6 is 0 Å². The molecule has 0 saturated heterocycles. The quantitative estimate of drug-likeness (QED) is 0.869. The first-order valence-electron chi connectivity index (χ1n) is 5.66. The lowest BCUT2D eigenvalue weighted by molar-refractivity contribution is 0.0948. The minimum Gasteiger partial charge on any atom is -0.496 e. The molecule has 6 nitrogen and oxygen atoms in total. The van der Waals surface area contributed by atoms with Crippen LogP contribution in [0.1, 0.15) is 10.4 Å². The number of carbonyl (C=O) groups excluding carboxylic acids is 1. The minimum absolute atomic E-state index is 0.168. The van der Waals surface area contributed by atoms with Gasteiger partial charge in [-0.05, 0) is 18.2 Å². The summed E-state index contributed by atoms with van der Waals surface area (Å²) in [5, 5.41) is 10.1. The SMILES string of the molecule is COc1ccc(F)cc1C(=O)NCCn1ccnn1. The van der Waals surface area contributed by atoms with Gasteiger partial charge in [-0.15, -0.1) is 5.10 Å². The number of ether oxygens (including phenoxy) is 1. The van der Waals surface area contributed by atoms with Crippen molar-refractivity contribution in [1.29, 1.82) is 0 Å². The van der Waals surface area contributed by atoms with Crippen LogP contribution in [0.3, 0.4) is 0 Å². The molecule has 0 aliphatic rings. The topological polar surface area (TPSA) is 69.0 Å². The molecule has 7 heteroatoms. The molecule has 1 heterocycles. The third-order valence-corrected chi connectivity index (χ3v) is 2.50. The number of hydrogen-bond donors (Lipinski definition) is 1. The number of benzene rings is 1. The van der Waals surface area contributed by atoms with Crippen molar-refractivity contribution in [2.24, 2.45) is 0 Å². The highest BCUT2D eigenvalue weighted by molar-refractivity contribution is 5.96. The van der Waals surface area contributed by atoms with E-state index in [1.165, 1.54) is 19.2 Å². The second-order valence-corrected chi connectivity index (χ2v) is 3.77. The molecule has 0 fully saturated rings. The van der Waals surface area contributed by atoms with Crippen LogP contribution < -0.4 is 10.1 Å². The summed E-state index contributed by atoms with van der Waals surface area (Å²) in [6.07, 6.45) is 3.24. The van der Waals surface area contributed by atoms with E-state index in [9.17, 15) is 9.18 Å². The molecule has 1 aromatic carbocycles. The van der Waals surface area contributed by atoms with Gasteiger partial charge in [-0.2, -0.15) is 0 Å². The van der Waals surface area contributed by atoms with E-state index in [0.717, 1.165) is 6.07 Å². The van der Waals surface area contributed by atoms with Crippen LogP contribution in [-0.4, -0.2) is 34.6 Å². The first-order chi connectivity index (χ1) is 9.20. The first-order valence-corrected chi connectivity index (χ1v) is 5.66. The lowest BCUT2D eigenvalue weighted by atomic mass is 10.2. The number of carbonyl (C=O) groups is 1. The average Bonchev–Trinajstić information content (AvgIpc) is 2.91. The fourth-order valence-corrected chi connectivity index (χ4v) is 1.59. The molecule has 19 heavy (non-hydrogen) atoms. The molecule has 0 unspecified atom stereocenters. The first kappa shape index (κ1) is 13.0. The van der Waals surface area contributed by atoms with E-state index in [1.807, 2.05) is 0 Å². The van der Waals surface area contributed by atoms with E-state index in [-0.39, 0.29) is 5.56 Å². The number of rotatable bonds is 5. The Kier molecular flexibility index (Phi) is 4.07. The van der Waals surface area contributed by atoms with Crippen molar-refractivity contribution in [3.05, 3.63) is 42.0 Å². The van der Waals surface area contributed by atoms with Crippen LogP contribution in [0, 0.1) is 5.82 Å². The predicted octanol–water partition coefficient (Wildman–Crippen LogP) is 0.856. The Hall–Kier alpha value is -2.44. The molecule has 0 radical (unpaired) electrons. The van der Waals surface area contributed by atoms with Gasteiger partial charge in [0.15, 0.2) is 0 Å². The van der Waals surface area contributed by atoms with Crippen LogP contribution in [0.25, 0.3) is 0 Å². The van der Waals surface area contributed by atoms with Gasteiger partial charge in [-0.1, -0.05) is 5.21 Å². The summed E-state index contributed by atoms with van der Waals surface area (Å²) in [5.74, 6) is -0.543. The van der Waals surface area contributed by atoms with Gasteiger partial charge in [0.1, 0.15) is 11.6 Å². The Morgan fingerprint density at radius 2 is 2.37 bits per heavy atom. The van der Waals surface area contributed by atoms with E-state index < -0.39 is 11.7 Å². The smallest absolute Gasteiger partial charge is 0.255 e. The van der Waals surface area contributed by atoms with E-state index in [0.29, 0.717) is 18.8 Å². The summed E-state index contributed by atoms with van der Waals surface area (Å²) in [7, 11) is 1.43. The molecule has 0 bridgehead atoms. The summed E-state index contributed by atoms with van der Waals surface area (Å²) in [4.78, 5) is 11.9. The van der Waals surface area contributed by atoms with Crippen molar-refractivity contribution in [1.82, 2.24) is 20.3 Å². The monoisotopic (exact) mass is 264 g/mol. The Balaban J connectivity index is 1.97. The highest BCUT2D eigenvalue weighted by Crippen LogP contribution is 2.18. The van der Waals surface area contributed by atoms with Crippen molar-refractivity contribution in [2.45, 2.75) is 6.54 Å². The van der Waals surface area contributed by atoms with Crippen molar-refractivity contribution in [3.63, 3.8) is 0 Å². The van der Waals surface area contributed by atoms with Gasteiger partial charge in [-0.25, -0.2) is 4.39 Å². The Morgan fingerprint density at radius 3 is 3.05 bits per heavy atom. The van der Waals surface area contributed by atoms with Crippen molar-refractivity contribution < 1.29 is 13.9 Å². The average molecular weight is 264 g/mol. The van der Waals surface area contributed by atoms with Crippen LogP contribution in [0.4, 0.5) is 4.39 Å². The maximum absolute atomic E-state index is 13.1. The summed E-state index contributed by atoms with van der Waals surface area (Å²) >= 11 is 0. The molecule has 0 saturated carbocycles. The number of nitrogens with zero attached hydrogens (tertiary/aromatic N) is 3. The zero-order valence-corrected chi connectivity index (χ0v) is 10.3. The van der Waals surface area contributed by atoms with Gasteiger partial charge in [0, 0.05) is 12.7 Å². The van der Waals surface area contributed by atoms with Crippen molar-refractivity contribution in [3.8, 4) is 5.75 Å². The lowest BCUT2D eigenvalue weighted by Crippen LogP contribution is -2.27. The second-order valence-electron chi connectivity index (χ2n) is 3.77. The van der Waals surface area contributed by atoms with Crippen molar-refractivity contribution >= 4 is 5.91 Å². The molecule has 0 aliphatic carbocycles. The molecule has 1 amide bonds. The number of amides is 1. The van der Waals surface area contributed by atoms with Crippen LogP contribution in [-0.2, 0) is 6.54 Å². The minimum atomic E-state index is -0.484. The van der Waals surface area contributed by atoms with Gasteiger partial charge in [0.2, 0.25) is 0 Å². The molecule has 2 rings (SSSR count). The summed E-state index contributed by atoms with van der Waals surface area (Å²) in [5.41, 5.74) is 0.168. The Bertz CT molecular complexity index is 557. The lowest BCUT2D eigenvalue weighted by Gasteiger charge is -2.09.